The van der Waals surface area contributed by atoms with Gasteiger partial charge in [-0.05, 0) is 18.6 Å². The molecule has 0 aliphatic carbocycles. The van der Waals surface area contributed by atoms with Gasteiger partial charge in [-0.1, -0.05) is 12.1 Å². The van der Waals surface area contributed by atoms with E-state index in [1.807, 2.05) is 0 Å². The Labute approximate surface area is 104 Å². The van der Waals surface area contributed by atoms with Gasteiger partial charge in [-0.25, -0.2) is 4.79 Å². The predicted molar refractivity (Wildman–Crippen MR) is 63.4 cm³/mol. The maximum absolute atomic E-state index is 11.7. The van der Waals surface area contributed by atoms with Gasteiger partial charge >= 0.3 is 5.97 Å². The van der Waals surface area contributed by atoms with Crippen LogP contribution in [0.4, 0.5) is 0 Å². The highest BCUT2D eigenvalue weighted by Gasteiger charge is 2.15. The molecule has 0 saturated heterocycles. The number of carboxylic acids is 1. The fourth-order valence-electron chi connectivity index (χ4n) is 1.38. The summed E-state index contributed by atoms with van der Waals surface area (Å²) in [5.41, 5.74) is 0.702. The molecular weight excluding hydrogens is 238 g/mol. The van der Waals surface area contributed by atoms with Gasteiger partial charge in [-0.2, -0.15) is 0 Å². The van der Waals surface area contributed by atoms with Gasteiger partial charge in [-0.15, -0.1) is 0 Å². The van der Waals surface area contributed by atoms with Gasteiger partial charge in [0.05, 0.1) is 5.56 Å². The number of nitrogens with one attached hydrogen (secondary N) is 1. The Bertz CT molecular complexity index is 458. The van der Waals surface area contributed by atoms with E-state index in [2.05, 4.69) is 5.32 Å². The largest absolute Gasteiger partial charge is 0.507 e. The minimum Gasteiger partial charge on any atom is -0.507 e. The third kappa shape index (κ3) is 3.46. The zero-order valence-corrected chi connectivity index (χ0v) is 9.88. The zero-order chi connectivity index (χ0) is 13.7. The maximum Gasteiger partial charge on any atom is 0.332 e. The van der Waals surface area contributed by atoms with Crippen LogP contribution in [-0.2, 0) is 4.79 Å². The molecule has 0 saturated carbocycles. The second kappa shape index (κ2) is 6.02. The SMILES string of the molecule is Cc1cccc(C(=O)NCCC(O)C(=O)O)c1O. The van der Waals surface area contributed by atoms with Crippen molar-refractivity contribution in [3.8, 4) is 5.75 Å². The van der Waals surface area contributed by atoms with Crippen molar-refractivity contribution in [2.45, 2.75) is 19.4 Å². The molecule has 1 amide bonds. The van der Waals surface area contributed by atoms with Crippen LogP contribution in [0.1, 0.15) is 22.3 Å². The second-order valence-electron chi connectivity index (χ2n) is 3.87. The molecule has 0 spiro atoms. The number of aliphatic hydroxyl groups excluding tert-OH is 1. The number of amides is 1. The summed E-state index contributed by atoms with van der Waals surface area (Å²) in [4.78, 5) is 22.0. The summed E-state index contributed by atoms with van der Waals surface area (Å²) in [6.45, 7) is 1.68. The van der Waals surface area contributed by atoms with Gasteiger partial charge in [-0.3, -0.25) is 4.79 Å². The molecule has 4 N–H and O–H groups in total. The standard InChI is InChI=1S/C12H15NO5/c1-7-3-2-4-8(10(7)15)11(16)13-6-5-9(14)12(17)18/h2-4,9,14-15H,5-6H2,1H3,(H,13,16)(H,17,18). The summed E-state index contributed by atoms with van der Waals surface area (Å²) in [6, 6.07) is 4.77. The summed E-state index contributed by atoms with van der Waals surface area (Å²) in [5.74, 6) is -1.94. The normalized spacial score (nSPS) is 11.9. The molecule has 1 rings (SSSR count). The van der Waals surface area contributed by atoms with E-state index < -0.39 is 18.0 Å². The van der Waals surface area contributed by atoms with Gasteiger partial charge in [0.1, 0.15) is 5.75 Å². The molecule has 0 heterocycles. The molecule has 1 atom stereocenters. The number of hydrogen-bond donors (Lipinski definition) is 4. The second-order valence-corrected chi connectivity index (χ2v) is 3.87. The van der Waals surface area contributed by atoms with Crippen LogP contribution >= 0.6 is 0 Å². The number of aryl methyl sites for hydroxylation is 1. The molecule has 98 valence electrons. The van der Waals surface area contributed by atoms with Crippen molar-refractivity contribution in [2.24, 2.45) is 0 Å². The molecule has 18 heavy (non-hydrogen) atoms. The van der Waals surface area contributed by atoms with Crippen molar-refractivity contribution in [3.63, 3.8) is 0 Å². The first kappa shape index (κ1) is 14.0. The summed E-state index contributed by atoms with van der Waals surface area (Å²) >= 11 is 0. The number of carbonyl (C=O) groups excluding carboxylic acids is 1. The van der Waals surface area contributed by atoms with Gasteiger partial charge in [0.15, 0.2) is 6.10 Å². The van der Waals surface area contributed by atoms with Crippen LogP contribution < -0.4 is 5.32 Å². The summed E-state index contributed by atoms with van der Waals surface area (Å²) in [5, 5.41) is 29.5. The Morgan fingerprint density at radius 1 is 1.39 bits per heavy atom. The number of hydrogen-bond acceptors (Lipinski definition) is 4. The Balaban J connectivity index is 2.56. The quantitative estimate of drug-likeness (QED) is 0.602. The van der Waals surface area contributed by atoms with E-state index in [0.29, 0.717) is 5.56 Å². The fraction of sp³-hybridized carbons (Fsp3) is 0.333. The number of para-hydroxylation sites is 1. The molecule has 6 heteroatoms. The Morgan fingerprint density at radius 3 is 2.67 bits per heavy atom. The highest BCUT2D eigenvalue weighted by atomic mass is 16.4. The number of carboxylic acid groups (broad SMARTS) is 1. The smallest absolute Gasteiger partial charge is 0.332 e. The minimum absolute atomic E-state index is 0.0136. The first-order chi connectivity index (χ1) is 8.43. The molecule has 0 aliphatic heterocycles. The van der Waals surface area contributed by atoms with Crippen LogP contribution in [0.25, 0.3) is 0 Å². The average molecular weight is 253 g/mol. The lowest BCUT2D eigenvalue weighted by Gasteiger charge is -2.09. The fourth-order valence-corrected chi connectivity index (χ4v) is 1.38. The first-order valence-electron chi connectivity index (χ1n) is 5.41. The number of aliphatic hydroxyl groups is 1. The van der Waals surface area contributed by atoms with Crippen molar-refractivity contribution in [1.82, 2.24) is 5.32 Å². The minimum atomic E-state index is -1.50. The van der Waals surface area contributed by atoms with Crippen molar-refractivity contribution < 1.29 is 24.9 Å². The lowest BCUT2D eigenvalue weighted by Crippen LogP contribution is -2.30. The number of carbonyl (C=O) groups is 2. The number of aliphatic carboxylic acids is 1. The Morgan fingerprint density at radius 2 is 2.06 bits per heavy atom. The third-order valence-electron chi connectivity index (χ3n) is 2.47. The summed E-state index contributed by atoms with van der Waals surface area (Å²) < 4.78 is 0. The Kier molecular flexibility index (Phi) is 4.67. The lowest BCUT2D eigenvalue weighted by molar-refractivity contribution is -0.146. The maximum atomic E-state index is 11.7. The van der Waals surface area contributed by atoms with Crippen LogP contribution in [0.2, 0.25) is 0 Å². The van der Waals surface area contributed by atoms with Crippen molar-refractivity contribution >= 4 is 11.9 Å². The molecule has 1 aromatic rings. The van der Waals surface area contributed by atoms with Crippen LogP contribution in [-0.4, -0.2) is 39.8 Å². The molecule has 0 aromatic heterocycles. The van der Waals surface area contributed by atoms with Crippen molar-refractivity contribution in [1.29, 1.82) is 0 Å². The van der Waals surface area contributed by atoms with E-state index in [1.165, 1.54) is 6.07 Å². The molecular formula is C12H15NO5. The highest BCUT2D eigenvalue weighted by molar-refractivity contribution is 5.97. The number of phenolic OH excluding ortho intramolecular Hbond substituents is 1. The summed E-state index contributed by atoms with van der Waals surface area (Å²) in [7, 11) is 0. The van der Waals surface area contributed by atoms with E-state index >= 15 is 0 Å². The van der Waals surface area contributed by atoms with Crippen LogP contribution in [0.5, 0.6) is 5.75 Å². The van der Waals surface area contributed by atoms with E-state index in [9.17, 15) is 14.7 Å². The van der Waals surface area contributed by atoms with Crippen molar-refractivity contribution in [2.75, 3.05) is 6.54 Å². The highest BCUT2D eigenvalue weighted by Crippen LogP contribution is 2.20. The summed E-state index contributed by atoms with van der Waals surface area (Å²) in [6.07, 6.45) is -1.59. The zero-order valence-electron chi connectivity index (χ0n) is 9.88. The van der Waals surface area contributed by atoms with Crippen LogP contribution in [0.3, 0.4) is 0 Å². The molecule has 6 nitrogen and oxygen atoms in total. The van der Waals surface area contributed by atoms with E-state index in [4.69, 9.17) is 10.2 Å². The van der Waals surface area contributed by atoms with Gasteiger partial charge < -0.3 is 20.6 Å². The number of phenols is 1. The Hall–Kier alpha value is -2.08. The molecule has 0 bridgehead atoms. The third-order valence-corrected chi connectivity index (χ3v) is 2.47. The van der Waals surface area contributed by atoms with Crippen LogP contribution in [0, 0.1) is 6.92 Å². The van der Waals surface area contributed by atoms with E-state index in [1.54, 1.807) is 19.1 Å². The first-order valence-corrected chi connectivity index (χ1v) is 5.41. The molecule has 0 radical (unpaired) electrons. The predicted octanol–water partition coefficient (Wildman–Crippen LogP) is 0.266. The average Bonchev–Trinajstić information content (AvgIpc) is 2.32. The van der Waals surface area contributed by atoms with E-state index in [-0.39, 0.29) is 24.3 Å². The number of benzene rings is 1. The van der Waals surface area contributed by atoms with E-state index in [0.717, 1.165) is 0 Å². The number of rotatable bonds is 5. The topological polar surface area (TPSA) is 107 Å². The van der Waals surface area contributed by atoms with Gasteiger partial charge in [0.2, 0.25) is 0 Å². The monoisotopic (exact) mass is 253 g/mol. The van der Waals surface area contributed by atoms with Gasteiger partial charge in [0.25, 0.3) is 5.91 Å². The molecule has 0 aliphatic rings. The number of aromatic hydroxyl groups is 1. The molecule has 1 unspecified atom stereocenters. The van der Waals surface area contributed by atoms with Crippen LogP contribution in [0.15, 0.2) is 18.2 Å². The lowest BCUT2D eigenvalue weighted by atomic mass is 10.1. The van der Waals surface area contributed by atoms with Crippen molar-refractivity contribution in [3.05, 3.63) is 29.3 Å². The molecule has 0 fully saturated rings. The van der Waals surface area contributed by atoms with Gasteiger partial charge in [0, 0.05) is 13.0 Å². The molecule has 1 aromatic carbocycles.